The van der Waals surface area contributed by atoms with E-state index in [9.17, 15) is 9.59 Å². The Kier molecular flexibility index (Phi) is 5.98. The van der Waals surface area contributed by atoms with Crippen LogP contribution in [-0.4, -0.2) is 55.8 Å². The molecule has 0 aliphatic carbocycles. The SMILES string of the molecule is CC(C)n1ncnc1-c1nc2c(s1)CCOc1ccc(-c3cccn(CC(=O)N(C)C)c3=O)cc1-2. The maximum atomic E-state index is 13.2. The van der Waals surface area contributed by atoms with Gasteiger partial charge in [0, 0.05) is 48.8 Å². The van der Waals surface area contributed by atoms with Crippen molar-refractivity contribution < 1.29 is 9.53 Å². The van der Waals surface area contributed by atoms with Crippen LogP contribution in [0.3, 0.4) is 0 Å². The molecule has 10 heteroatoms. The lowest BCUT2D eigenvalue weighted by atomic mass is 10.0. The highest BCUT2D eigenvalue weighted by Gasteiger charge is 2.24. The van der Waals surface area contributed by atoms with Gasteiger partial charge < -0.3 is 14.2 Å². The summed E-state index contributed by atoms with van der Waals surface area (Å²) >= 11 is 1.60. The van der Waals surface area contributed by atoms with Gasteiger partial charge >= 0.3 is 0 Å². The molecule has 3 aromatic heterocycles. The minimum atomic E-state index is -0.221. The molecule has 1 aliphatic heterocycles. The zero-order valence-electron chi connectivity index (χ0n) is 20.1. The second-order valence-electron chi connectivity index (χ2n) is 8.87. The number of likely N-dealkylation sites (N-methyl/N-ethyl adjacent to an activating group) is 1. The molecule has 0 atom stereocenters. The number of carbonyl (C=O) groups is 1. The number of pyridine rings is 1. The van der Waals surface area contributed by atoms with Crippen LogP contribution < -0.4 is 10.3 Å². The van der Waals surface area contributed by atoms with E-state index >= 15 is 0 Å². The van der Waals surface area contributed by atoms with Gasteiger partial charge in [-0.15, -0.1) is 11.3 Å². The molecule has 0 fully saturated rings. The second-order valence-corrected chi connectivity index (χ2v) is 9.95. The highest BCUT2D eigenvalue weighted by molar-refractivity contribution is 7.15. The van der Waals surface area contributed by atoms with Crippen LogP contribution in [0.5, 0.6) is 5.75 Å². The van der Waals surface area contributed by atoms with E-state index in [1.54, 1.807) is 50.1 Å². The van der Waals surface area contributed by atoms with Gasteiger partial charge in [0.05, 0.1) is 12.3 Å². The van der Waals surface area contributed by atoms with E-state index in [4.69, 9.17) is 9.72 Å². The van der Waals surface area contributed by atoms with E-state index in [1.165, 1.54) is 9.47 Å². The van der Waals surface area contributed by atoms with Gasteiger partial charge in [-0.3, -0.25) is 9.59 Å². The molecular weight excluding hydrogens is 464 g/mol. The smallest absolute Gasteiger partial charge is 0.258 e. The first-order valence-corrected chi connectivity index (χ1v) is 12.2. The number of hydrogen-bond donors (Lipinski definition) is 0. The fourth-order valence-corrected chi connectivity index (χ4v) is 5.08. The molecule has 0 saturated heterocycles. The Morgan fingerprint density at radius 3 is 2.83 bits per heavy atom. The second kappa shape index (κ2) is 9.10. The summed E-state index contributed by atoms with van der Waals surface area (Å²) in [6, 6.07) is 9.44. The summed E-state index contributed by atoms with van der Waals surface area (Å²) in [7, 11) is 3.35. The van der Waals surface area contributed by atoms with Crippen molar-refractivity contribution in [3.63, 3.8) is 0 Å². The summed E-state index contributed by atoms with van der Waals surface area (Å²) in [5, 5.41) is 5.16. The summed E-state index contributed by atoms with van der Waals surface area (Å²) in [5.74, 6) is 1.33. The van der Waals surface area contributed by atoms with Gasteiger partial charge in [-0.05, 0) is 43.7 Å². The maximum Gasteiger partial charge on any atom is 0.258 e. The monoisotopic (exact) mass is 490 g/mol. The molecule has 0 bridgehead atoms. The highest BCUT2D eigenvalue weighted by Crippen LogP contribution is 2.41. The van der Waals surface area contributed by atoms with Crippen LogP contribution >= 0.6 is 11.3 Å². The molecule has 0 saturated carbocycles. The predicted molar refractivity (Wildman–Crippen MR) is 135 cm³/mol. The molecule has 0 radical (unpaired) electrons. The number of benzene rings is 1. The lowest BCUT2D eigenvalue weighted by molar-refractivity contribution is -0.129. The number of amides is 1. The fourth-order valence-electron chi connectivity index (χ4n) is 4.04. The Morgan fingerprint density at radius 2 is 2.06 bits per heavy atom. The van der Waals surface area contributed by atoms with Crippen LogP contribution in [0, 0.1) is 0 Å². The third kappa shape index (κ3) is 4.25. The molecule has 4 heterocycles. The standard InChI is InChI=1S/C25H26N6O3S/c1-15(2)31-23(26-14-27-31)24-28-22-18-12-16(7-8-19(18)34-11-9-20(22)35-24)17-6-5-10-30(25(17)33)13-21(32)29(3)4/h5-8,10,12,14-15H,9,11,13H2,1-4H3. The number of fused-ring (bicyclic) bond motifs is 3. The molecule has 1 aromatic carbocycles. The molecular formula is C25H26N6O3S. The van der Waals surface area contributed by atoms with Crippen molar-refractivity contribution in [3.05, 3.63) is 58.1 Å². The van der Waals surface area contributed by atoms with Crippen molar-refractivity contribution in [3.8, 4) is 39.0 Å². The third-order valence-electron chi connectivity index (χ3n) is 5.91. The molecule has 0 unspecified atom stereocenters. The van der Waals surface area contributed by atoms with Crippen LogP contribution in [0.1, 0.15) is 24.8 Å². The van der Waals surface area contributed by atoms with Crippen LogP contribution in [0.2, 0.25) is 0 Å². The normalized spacial score (nSPS) is 12.6. The zero-order valence-corrected chi connectivity index (χ0v) is 20.9. The Hall–Kier alpha value is -3.79. The average molecular weight is 491 g/mol. The van der Waals surface area contributed by atoms with Crippen molar-refractivity contribution >= 4 is 17.2 Å². The van der Waals surface area contributed by atoms with E-state index in [-0.39, 0.29) is 24.1 Å². The minimum absolute atomic E-state index is 0.0101. The Bertz CT molecular complexity index is 1470. The molecule has 1 amide bonds. The first-order chi connectivity index (χ1) is 16.8. The number of carbonyl (C=O) groups excluding carboxylic acids is 1. The molecule has 0 N–H and O–H groups in total. The predicted octanol–water partition coefficient (Wildman–Crippen LogP) is 3.50. The van der Waals surface area contributed by atoms with Gasteiger partial charge in [-0.25, -0.2) is 14.6 Å². The van der Waals surface area contributed by atoms with Crippen molar-refractivity contribution in [2.45, 2.75) is 32.9 Å². The Morgan fingerprint density at radius 1 is 1.23 bits per heavy atom. The van der Waals surface area contributed by atoms with E-state index in [0.717, 1.165) is 44.7 Å². The molecule has 5 rings (SSSR count). The quantitative estimate of drug-likeness (QED) is 0.425. The van der Waals surface area contributed by atoms with Gasteiger partial charge in [-0.2, -0.15) is 5.10 Å². The number of nitrogens with zero attached hydrogens (tertiary/aromatic N) is 6. The summed E-state index contributed by atoms with van der Waals surface area (Å²) in [6.07, 6.45) is 3.92. The number of ether oxygens (including phenoxy) is 1. The van der Waals surface area contributed by atoms with Gasteiger partial charge in [0.15, 0.2) is 10.8 Å². The summed E-state index contributed by atoms with van der Waals surface area (Å²) in [6.45, 7) is 4.66. The Balaban J connectivity index is 1.58. The fraction of sp³-hybridized carbons (Fsp3) is 0.320. The highest BCUT2D eigenvalue weighted by atomic mass is 32.1. The number of aromatic nitrogens is 5. The van der Waals surface area contributed by atoms with Gasteiger partial charge in [0.1, 0.15) is 18.6 Å². The van der Waals surface area contributed by atoms with Crippen molar-refractivity contribution in [2.24, 2.45) is 0 Å². The number of rotatable bonds is 5. The molecule has 0 spiro atoms. The van der Waals surface area contributed by atoms with Crippen LogP contribution in [0.15, 0.2) is 47.7 Å². The van der Waals surface area contributed by atoms with E-state index in [0.29, 0.717) is 12.2 Å². The van der Waals surface area contributed by atoms with Gasteiger partial charge in [0.2, 0.25) is 5.91 Å². The van der Waals surface area contributed by atoms with Crippen molar-refractivity contribution in [1.82, 2.24) is 29.2 Å². The van der Waals surface area contributed by atoms with E-state index < -0.39 is 0 Å². The molecule has 180 valence electrons. The van der Waals surface area contributed by atoms with Gasteiger partial charge in [-0.1, -0.05) is 6.07 Å². The lowest BCUT2D eigenvalue weighted by Crippen LogP contribution is -2.31. The Labute approximate surface area is 206 Å². The molecule has 35 heavy (non-hydrogen) atoms. The first kappa shape index (κ1) is 23.0. The zero-order chi connectivity index (χ0) is 24.7. The van der Waals surface area contributed by atoms with E-state index in [1.807, 2.05) is 22.9 Å². The molecule has 4 aromatic rings. The third-order valence-corrected chi connectivity index (χ3v) is 7.02. The van der Waals surface area contributed by atoms with Crippen LogP contribution in [-0.2, 0) is 17.8 Å². The van der Waals surface area contributed by atoms with Crippen molar-refractivity contribution in [1.29, 1.82) is 0 Å². The van der Waals surface area contributed by atoms with Crippen molar-refractivity contribution in [2.75, 3.05) is 20.7 Å². The topological polar surface area (TPSA) is 95.1 Å². The van der Waals surface area contributed by atoms with Crippen LogP contribution in [0.25, 0.3) is 33.2 Å². The summed E-state index contributed by atoms with van der Waals surface area (Å²) in [5.41, 5.74) is 2.73. The lowest BCUT2D eigenvalue weighted by Gasteiger charge is -2.13. The first-order valence-electron chi connectivity index (χ1n) is 11.4. The number of thiazole rings is 1. The molecule has 9 nitrogen and oxygen atoms in total. The summed E-state index contributed by atoms with van der Waals surface area (Å²) in [4.78, 5) is 37.4. The minimum Gasteiger partial charge on any atom is -0.493 e. The van der Waals surface area contributed by atoms with Crippen LogP contribution in [0.4, 0.5) is 0 Å². The average Bonchev–Trinajstić information content (AvgIpc) is 3.45. The molecule has 1 aliphatic rings. The van der Waals surface area contributed by atoms with Gasteiger partial charge in [0.25, 0.3) is 5.56 Å². The maximum absolute atomic E-state index is 13.2. The summed E-state index contributed by atoms with van der Waals surface area (Å²) < 4.78 is 9.31. The largest absolute Gasteiger partial charge is 0.493 e. The number of hydrogen-bond acceptors (Lipinski definition) is 7. The van der Waals surface area contributed by atoms with E-state index in [2.05, 4.69) is 23.9 Å².